The highest BCUT2D eigenvalue weighted by Gasteiger charge is 2.20. The summed E-state index contributed by atoms with van der Waals surface area (Å²) in [6.45, 7) is 9.00. The van der Waals surface area contributed by atoms with Crippen LogP contribution in [0, 0.1) is 0 Å². The maximum Gasteiger partial charge on any atom is 0.231 e. The van der Waals surface area contributed by atoms with E-state index in [-0.39, 0.29) is 18.1 Å². The predicted octanol–water partition coefficient (Wildman–Crippen LogP) is 4.58. The van der Waals surface area contributed by atoms with Gasteiger partial charge in [-0.1, -0.05) is 35.8 Å². The first-order valence-electron chi connectivity index (χ1n) is 9.85. The molecule has 156 valence electrons. The first kappa shape index (κ1) is 23.1. The third-order valence-corrected chi connectivity index (χ3v) is 5.48. The van der Waals surface area contributed by atoms with Gasteiger partial charge >= 0.3 is 0 Å². The van der Waals surface area contributed by atoms with Crippen molar-refractivity contribution in [3.8, 4) is 5.75 Å². The highest BCUT2D eigenvalue weighted by Crippen LogP contribution is 2.24. The molecule has 0 unspecified atom stereocenters. The van der Waals surface area contributed by atoms with E-state index >= 15 is 0 Å². The molecule has 2 aromatic rings. The van der Waals surface area contributed by atoms with Gasteiger partial charge in [-0.15, -0.1) is 0 Å². The Morgan fingerprint density at radius 3 is 2.34 bits per heavy atom. The van der Waals surface area contributed by atoms with Crippen molar-refractivity contribution in [3.05, 3.63) is 58.1 Å². The van der Waals surface area contributed by atoms with Crippen LogP contribution in [0.15, 0.2) is 46.9 Å². The molecular formula is C23H29BrN2O3. The Morgan fingerprint density at radius 1 is 1.03 bits per heavy atom. The fourth-order valence-corrected chi connectivity index (χ4v) is 3.60. The van der Waals surface area contributed by atoms with Crippen molar-refractivity contribution in [2.45, 2.75) is 27.2 Å². The highest BCUT2D eigenvalue weighted by atomic mass is 79.9. The fraction of sp³-hybridized carbons (Fsp3) is 0.391. The standard InChI is InChI=1S/C23H29BrN2O3/c1-5-25(6-2)12-13-26(21-9-7-8-20(24)16-21)23(28)15-19-14-18(17(3)27)10-11-22(19)29-4/h7-11,14,16H,5-6,12-13,15H2,1-4H3. The van der Waals surface area contributed by atoms with Crippen LogP contribution in [0.1, 0.15) is 36.7 Å². The summed E-state index contributed by atoms with van der Waals surface area (Å²) >= 11 is 3.50. The van der Waals surface area contributed by atoms with Gasteiger partial charge in [0.05, 0.1) is 13.5 Å². The molecule has 0 heterocycles. The van der Waals surface area contributed by atoms with E-state index in [1.165, 1.54) is 6.92 Å². The average molecular weight is 461 g/mol. The van der Waals surface area contributed by atoms with Crippen LogP contribution in [-0.2, 0) is 11.2 Å². The van der Waals surface area contributed by atoms with Crippen molar-refractivity contribution in [3.63, 3.8) is 0 Å². The van der Waals surface area contributed by atoms with E-state index in [4.69, 9.17) is 4.74 Å². The van der Waals surface area contributed by atoms with Crippen molar-refractivity contribution < 1.29 is 14.3 Å². The molecule has 29 heavy (non-hydrogen) atoms. The molecule has 0 spiro atoms. The van der Waals surface area contributed by atoms with Crippen molar-refractivity contribution in [1.29, 1.82) is 0 Å². The summed E-state index contributed by atoms with van der Waals surface area (Å²) in [4.78, 5) is 29.2. The number of methoxy groups -OCH3 is 1. The number of carbonyl (C=O) groups excluding carboxylic acids is 2. The lowest BCUT2D eigenvalue weighted by Crippen LogP contribution is -2.39. The molecule has 6 heteroatoms. The minimum atomic E-state index is -0.0354. The van der Waals surface area contributed by atoms with Crippen LogP contribution in [0.25, 0.3) is 0 Å². The van der Waals surface area contributed by atoms with Gasteiger partial charge in [-0.2, -0.15) is 0 Å². The van der Waals surface area contributed by atoms with E-state index < -0.39 is 0 Å². The van der Waals surface area contributed by atoms with Crippen molar-refractivity contribution in [2.75, 3.05) is 38.2 Å². The summed E-state index contributed by atoms with van der Waals surface area (Å²) in [5.74, 6) is 0.544. The second-order valence-corrected chi connectivity index (χ2v) is 7.73. The molecular weight excluding hydrogens is 432 g/mol. The number of rotatable bonds is 10. The lowest BCUT2D eigenvalue weighted by Gasteiger charge is -2.27. The molecule has 0 saturated carbocycles. The maximum atomic E-state index is 13.3. The van der Waals surface area contributed by atoms with Crippen LogP contribution in [0.5, 0.6) is 5.75 Å². The molecule has 2 rings (SSSR count). The first-order chi connectivity index (χ1) is 13.9. The molecule has 0 bridgehead atoms. The smallest absolute Gasteiger partial charge is 0.231 e. The van der Waals surface area contributed by atoms with E-state index in [2.05, 4.69) is 34.7 Å². The molecule has 0 atom stereocenters. The second-order valence-electron chi connectivity index (χ2n) is 6.81. The zero-order chi connectivity index (χ0) is 21.4. The number of carbonyl (C=O) groups is 2. The Kier molecular flexibility index (Phi) is 8.86. The summed E-state index contributed by atoms with van der Waals surface area (Å²) < 4.78 is 6.34. The quantitative estimate of drug-likeness (QED) is 0.486. The Morgan fingerprint density at radius 2 is 1.76 bits per heavy atom. The SMILES string of the molecule is CCN(CC)CCN(C(=O)Cc1cc(C(C)=O)ccc1OC)c1cccc(Br)c1. The van der Waals surface area contributed by atoms with E-state index in [1.807, 2.05) is 29.2 Å². The van der Waals surface area contributed by atoms with Gasteiger partial charge in [-0.3, -0.25) is 9.59 Å². The largest absolute Gasteiger partial charge is 0.496 e. The number of likely N-dealkylation sites (N-methyl/N-ethyl adjacent to an activating group) is 1. The van der Waals surface area contributed by atoms with Gasteiger partial charge in [0, 0.05) is 34.4 Å². The molecule has 0 aliphatic heterocycles. The van der Waals surface area contributed by atoms with Gasteiger partial charge in [-0.05, 0) is 56.4 Å². The molecule has 2 aromatic carbocycles. The highest BCUT2D eigenvalue weighted by molar-refractivity contribution is 9.10. The number of amides is 1. The molecule has 0 aliphatic rings. The summed E-state index contributed by atoms with van der Waals surface area (Å²) in [7, 11) is 1.57. The third kappa shape index (κ3) is 6.41. The minimum Gasteiger partial charge on any atom is -0.496 e. The molecule has 0 N–H and O–H groups in total. The van der Waals surface area contributed by atoms with Crippen LogP contribution < -0.4 is 9.64 Å². The fourth-order valence-electron chi connectivity index (χ4n) is 3.22. The number of anilines is 1. The molecule has 0 radical (unpaired) electrons. The minimum absolute atomic E-state index is 0.0331. The van der Waals surface area contributed by atoms with Crippen LogP contribution in [-0.4, -0.2) is 49.9 Å². The summed E-state index contributed by atoms with van der Waals surface area (Å²) in [5.41, 5.74) is 2.14. The van der Waals surface area contributed by atoms with E-state index in [0.717, 1.165) is 29.8 Å². The Balaban J connectivity index is 2.31. The number of ether oxygens (including phenoxy) is 1. The summed E-state index contributed by atoms with van der Waals surface area (Å²) in [5, 5.41) is 0. The van der Waals surface area contributed by atoms with E-state index in [1.54, 1.807) is 25.3 Å². The first-order valence-corrected chi connectivity index (χ1v) is 10.6. The third-order valence-electron chi connectivity index (χ3n) is 4.98. The van der Waals surface area contributed by atoms with Gasteiger partial charge in [0.2, 0.25) is 5.91 Å². The lowest BCUT2D eigenvalue weighted by molar-refractivity contribution is -0.118. The zero-order valence-electron chi connectivity index (χ0n) is 17.6. The number of benzene rings is 2. The van der Waals surface area contributed by atoms with Gasteiger partial charge in [-0.25, -0.2) is 0 Å². The number of nitrogens with zero attached hydrogens (tertiary/aromatic N) is 2. The Labute approximate surface area is 181 Å². The topological polar surface area (TPSA) is 49.9 Å². The van der Waals surface area contributed by atoms with Crippen LogP contribution in [0.2, 0.25) is 0 Å². The lowest BCUT2D eigenvalue weighted by atomic mass is 10.0. The van der Waals surface area contributed by atoms with Crippen molar-refractivity contribution in [1.82, 2.24) is 4.90 Å². The summed E-state index contributed by atoms with van der Waals surface area (Å²) in [6.07, 6.45) is 0.162. The average Bonchev–Trinajstić information content (AvgIpc) is 2.71. The Bertz CT molecular complexity index is 850. The van der Waals surface area contributed by atoms with Crippen LogP contribution >= 0.6 is 15.9 Å². The van der Waals surface area contributed by atoms with Crippen LogP contribution in [0.4, 0.5) is 5.69 Å². The van der Waals surface area contributed by atoms with Crippen LogP contribution in [0.3, 0.4) is 0 Å². The molecule has 0 aliphatic carbocycles. The number of hydrogen-bond donors (Lipinski definition) is 0. The normalized spacial score (nSPS) is 10.8. The second kappa shape index (κ2) is 11.1. The molecule has 5 nitrogen and oxygen atoms in total. The van der Waals surface area contributed by atoms with Gasteiger partial charge in [0.25, 0.3) is 0 Å². The van der Waals surface area contributed by atoms with Gasteiger partial charge in [0.1, 0.15) is 5.75 Å². The monoisotopic (exact) mass is 460 g/mol. The van der Waals surface area contributed by atoms with Crippen molar-refractivity contribution >= 4 is 33.3 Å². The molecule has 0 saturated heterocycles. The van der Waals surface area contributed by atoms with E-state index in [0.29, 0.717) is 23.4 Å². The number of halogens is 1. The van der Waals surface area contributed by atoms with Crippen molar-refractivity contribution in [2.24, 2.45) is 0 Å². The molecule has 0 aromatic heterocycles. The molecule has 0 fully saturated rings. The maximum absolute atomic E-state index is 13.3. The Hall–Kier alpha value is -2.18. The zero-order valence-corrected chi connectivity index (χ0v) is 19.2. The van der Waals surface area contributed by atoms with Gasteiger partial charge < -0.3 is 14.5 Å². The van der Waals surface area contributed by atoms with Gasteiger partial charge in [0.15, 0.2) is 5.78 Å². The summed E-state index contributed by atoms with van der Waals surface area (Å²) in [6, 6.07) is 13.0. The molecule has 1 amide bonds. The van der Waals surface area contributed by atoms with E-state index in [9.17, 15) is 9.59 Å². The number of hydrogen-bond acceptors (Lipinski definition) is 4. The number of ketones is 1. The number of Topliss-reactive ketones (excluding diaryl/α,β-unsaturated/α-hetero) is 1. The predicted molar refractivity (Wildman–Crippen MR) is 121 cm³/mol.